The maximum Gasteiger partial charge on any atom is 0.311 e. The average molecular weight is 271 g/mol. The Bertz CT molecular complexity index is 424. The van der Waals surface area contributed by atoms with Gasteiger partial charge in [-0.15, -0.1) is 0 Å². The van der Waals surface area contributed by atoms with Crippen LogP contribution in [0.4, 0.5) is 11.5 Å². The Kier molecular flexibility index (Phi) is 5.36. The summed E-state index contributed by atoms with van der Waals surface area (Å²) in [6.45, 7) is 3.63. The van der Waals surface area contributed by atoms with E-state index in [1.807, 2.05) is 13.2 Å². The number of pyridine rings is 1. The fourth-order valence-corrected chi connectivity index (χ4v) is 2.17. The number of aliphatic hydroxyl groups is 1. The summed E-state index contributed by atoms with van der Waals surface area (Å²) in [6, 6.07) is 1.37. The van der Waals surface area contributed by atoms with Gasteiger partial charge in [-0.1, -0.05) is 0 Å². The first kappa shape index (κ1) is 14.7. The third kappa shape index (κ3) is 3.58. The zero-order chi connectivity index (χ0) is 13.7. The molecule has 1 aromatic rings. The van der Waals surface area contributed by atoms with E-state index >= 15 is 0 Å². The molecule has 0 saturated carbocycles. The highest BCUT2D eigenvalue weighted by atomic mass is 32.2. The van der Waals surface area contributed by atoms with E-state index in [1.54, 1.807) is 13.1 Å². The van der Waals surface area contributed by atoms with Gasteiger partial charge in [0.1, 0.15) is 0 Å². The molecule has 0 aliphatic rings. The molecule has 0 radical (unpaired) electrons. The number of aryl methyl sites for hydroxylation is 1. The number of nitrogens with one attached hydrogen (secondary N) is 1. The summed E-state index contributed by atoms with van der Waals surface area (Å²) in [6.07, 6.45) is 3.46. The average Bonchev–Trinajstić information content (AvgIpc) is 2.32. The maximum atomic E-state index is 10.9. The van der Waals surface area contributed by atoms with Crippen molar-refractivity contribution in [3.05, 3.63) is 27.9 Å². The van der Waals surface area contributed by atoms with Crippen LogP contribution in [0.1, 0.15) is 12.5 Å². The number of anilines is 1. The van der Waals surface area contributed by atoms with Crippen molar-refractivity contribution in [1.82, 2.24) is 4.98 Å². The molecule has 6 nitrogen and oxygen atoms in total. The monoisotopic (exact) mass is 271 g/mol. The first-order chi connectivity index (χ1) is 8.49. The lowest BCUT2D eigenvalue weighted by Gasteiger charge is -2.21. The molecule has 0 amide bonds. The lowest BCUT2D eigenvalue weighted by atomic mass is 10.2. The normalized spacial score (nSPS) is 14.0. The smallest absolute Gasteiger partial charge is 0.311 e. The molecule has 18 heavy (non-hydrogen) atoms. The number of rotatable bonds is 6. The second-order valence-electron chi connectivity index (χ2n) is 4.03. The molecule has 0 bridgehead atoms. The van der Waals surface area contributed by atoms with E-state index in [2.05, 4.69) is 10.3 Å². The van der Waals surface area contributed by atoms with E-state index in [4.69, 9.17) is 0 Å². The Balaban J connectivity index is 2.93. The summed E-state index contributed by atoms with van der Waals surface area (Å²) in [5.41, 5.74) is 0.697. The summed E-state index contributed by atoms with van der Waals surface area (Å²) >= 11 is 1.50. The van der Waals surface area contributed by atoms with Gasteiger partial charge in [-0.05, 0) is 25.7 Å². The van der Waals surface area contributed by atoms with Crippen LogP contribution in [0.25, 0.3) is 0 Å². The van der Waals surface area contributed by atoms with E-state index in [0.29, 0.717) is 0 Å². The molecule has 1 rings (SSSR count). The fourth-order valence-electron chi connectivity index (χ4n) is 1.55. The van der Waals surface area contributed by atoms with Crippen LogP contribution in [0.5, 0.6) is 0 Å². The fraction of sp³-hybridized carbons (Fsp3) is 0.545. The molecule has 2 atom stereocenters. The van der Waals surface area contributed by atoms with Crippen LogP contribution in [0, 0.1) is 17.0 Å². The Morgan fingerprint density at radius 3 is 2.83 bits per heavy atom. The van der Waals surface area contributed by atoms with Gasteiger partial charge >= 0.3 is 5.69 Å². The molecule has 0 aromatic carbocycles. The number of nitro groups is 1. The van der Waals surface area contributed by atoms with Gasteiger partial charge < -0.3 is 10.4 Å². The number of hydrogen-bond acceptors (Lipinski definition) is 6. The molecular formula is C11H17N3O3S. The van der Waals surface area contributed by atoms with Crippen molar-refractivity contribution in [2.24, 2.45) is 0 Å². The third-order valence-corrected chi connectivity index (χ3v) is 3.77. The van der Waals surface area contributed by atoms with Crippen molar-refractivity contribution < 1.29 is 10.0 Å². The molecule has 2 unspecified atom stereocenters. The molecule has 2 N–H and O–H groups in total. The Morgan fingerprint density at radius 2 is 2.33 bits per heavy atom. The Morgan fingerprint density at radius 1 is 1.67 bits per heavy atom. The van der Waals surface area contributed by atoms with Crippen molar-refractivity contribution in [1.29, 1.82) is 0 Å². The summed E-state index contributed by atoms with van der Waals surface area (Å²) in [7, 11) is 0. The lowest BCUT2D eigenvalue weighted by molar-refractivity contribution is -0.384. The first-order valence-corrected chi connectivity index (χ1v) is 6.79. The van der Waals surface area contributed by atoms with Crippen LogP contribution in [0.2, 0.25) is 0 Å². The van der Waals surface area contributed by atoms with Crippen molar-refractivity contribution >= 4 is 23.3 Å². The molecule has 7 heteroatoms. The molecular weight excluding hydrogens is 254 g/mol. The predicted molar refractivity (Wildman–Crippen MR) is 73.1 cm³/mol. The van der Waals surface area contributed by atoms with Gasteiger partial charge in [0.2, 0.25) is 5.82 Å². The zero-order valence-electron chi connectivity index (χ0n) is 10.6. The highest BCUT2D eigenvalue weighted by molar-refractivity contribution is 7.99. The summed E-state index contributed by atoms with van der Waals surface area (Å²) in [5.74, 6) is 0.241. The summed E-state index contributed by atoms with van der Waals surface area (Å²) < 4.78 is 0. The van der Waals surface area contributed by atoms with Crippen LogP contribution in [0.15, 0.2) is 12.3 Å². The van der Waals surface area contributed by atoms with Gasteiger partial charge in [0.05, 0.1) is 11.5 Å². The second kappa shape index (κ2) is 6.55. The molecule has 1 heterocycles. The molecule has 0 spiro atoms. The van der Waals surface area contributed by atoms with Crippen molar-refractivity contribution in [3.8, 4) is 0 Å². The van der Waals surface area contributed by atoms with Gasteiger partial charge in [-0.3, -0.25) is 10.1 Å². The number of aliphatic hydroxyl groups excluding tert-OH is 1. The molecule has 100 valence electrons. The van der Waals surface area contributed by atoms with Gasteiger partial charge in [0.15, 0.2) is 0 Å². The van der Waals surface area contributed by atoms with Crippen LogP contribution in [-0.2, 0) is 0 Å². The van der Waals surface area contributed by atoms with E-state index in [9.17, 15) is 15.2 Å². The summed E-state index contributed by atoms with van der Waals surface area (Å²) in [4.78, 5) is 14.5. The second-order valence-corrected chi connectivity index (χ2v) is 5.10. The topological polar surface area (TPSA) is 88.3 Å². The van der Waals surface area contributed by atoms with Crippen molar-refractivity contribution in [2.75, 3.05) is 18.2 Å². The van der Waals surface area contributed by atoms with Crippen molar-refractivity contribution in [3.63, 3.8) is 0 Å². The largest absolute Gasteiger partial charge is 0.395 e. The minimum atomic E-state index is -0.456. The number of thioether (sulfide) groups is 1. The molecule has 0 aliphatic heterocycles. The minimum absolute atomic E-state index is 0.00892. The summed E-state index contributed by atoms with van der Waals surface area (Å²) in [5, 5.41) is 23.1. The molecule has 0 aliphatic carbocycles. The minimum Gasteiger partial charge on any atom is -0.395 e. The van der Waals surface area contributed by atoms with Gasteiger partial charge in [-0.2, -0.15) is 11.8 Å². The van der Waals surface area contributed by atoms with Crippen LogP contribution in [0.3, 0.4) is 0 Å². The number of aromatic nitrogens is 1. The quantitative estimate of drug-likeness (QED) is 0.606. The van der Waals surface area contributed by atoms with E-state index < -0.39 is 4.92 Å². The van der Waals surface area contributed by atoms with Gasteiger partial charge in [0, 0.05) is 23.6 Å². The lowest BCUT2D eigenvalue weighted by Crippen LogP contribution is -2.31. The molecule has 1 aromatic heterocycles. The molecule has 0 fully saturated rings. The van der Waals surface area contributed by atoms with Crippen molar-refractivity contribution in [2.45, 2.75) is 25.1 Å². The predicted octanol–water partition coefficient (Wildman–Crippen LogP) is 1.82. The van der Waals surface area contributed by atoms with E-state index in [-0.39, 0.29) is 29.4 Å². The van der Waals surface area contributed by atoms with Gasteiger partial charge in [-0.25, -0.2) is 4.98 Å². The first-order valence-electron chi connectivity index (χ1n) is 5.50. The third-order valence-electron chi connectivity index (χ3n) is 2.61. The SMILES string of the molecule is CSC(CO)C(C)Nc1ncc(C)cc1[N+](=O)[O-]. The zero-order valence-corrected chi connectivity index (χ0v) is 11.4. The Hall–Kier alpha value is -1.34. The van der Waals surface area contributed by atoms with Gasteiger partial charge in [0.25, 0.3) is 0 Å². The number of hydrogen-bond donors (Lipinski definition) is 2. The maximum absolute atomic E-state index is 10.9. The molecule has 0 saturated heterocycles. The van der Waals surface area contributed by atoms with Crippen LogP contribution >= 0.6 is 11.8 Å². The van der Waals surface area contributed by atoms with Crippen LogP contribution < -0.4 is 5.32 Å². The highest BCUT2D eigenvalue weighted by Gasteiger charge is 2.21. The number of nitrogens with zero attached hydrogens (tertiary/aromatic N) is 2. The standard InChI is InChI=1S/C11H17N3O3S/c1-7-4-9(14(16)17)11(12-5-7)13-8(2)10(6-15)18-3/h4-5,8,10,15H,6H2,1-3H3,(H,12,13). The van der Waals surface area contributed by atoms with E-state index in [1.165, 1.54) is 17.8 Å². The highest BCUT2D eigenvalue weighted by Crippen LogP contribution is 2.24. The van der Waals surface area contributed by atoms with E-state index in [0.717, 1.165) is 5.56 Å². The van der Waals surface area contributed by atoms with Crippen LogP contribution in [-0.4, -0.2) is 39.2 Å². The Labute approximate surface area is 110 Å².